The second-order valence-electron chi connectivity index (χ2n) is 7.51. The summed E-state index contributed by atoms with van der Waals surface area (Å²) in [7, 11) is 0. The van der Waals surface area contributed by atoms with Crippen molar-refractivity contribution < 1.29 is 5.11 Å². The maximum absolute atomic E-state index is 11.0. The molecule has 3 nitrogen and oxygen atoms in total. The van der Waals surface area contributed by atoms with Crippen molar-refractivity contribution in [1.29, 1.82) is 0 Å². The molecule has 1 fully saturated rings. The molecule has 0 bridgehead atoms. The summed E-state index contributed by atoms with van der Waals surface area (Å²) in [6.07, 6.45) is 5.67. The number of benzene rings is 2. The fourth-order valence-electron chi connectivity index (χ4n) is 4.41. The van der Waals surface area contributed by atoms with Gasteiger partial charge in [0.2, 0.25) is 0 Å². The fraction of sp³-hybridized carbons (Fsp3) is 0.261. The zero-order valence-electron chi connectivity index (χ0n) is 14.9. The molecule has 0 atom stereocenters. The minimum Gasteiger partial charge on any atom is -0.385 e. The predicted molar refractivity (Wildman–Crippen MR) is 106 cm³/mol. The van der Waals surface area contributed by atoms with E-state index in [4.69, 9.17) is 0 Å². The molecule has 130 valence electrons. The third kappa shape index (κ3) is 2.27. The summed E-state index contributed by atoms with van der Waals surface area (Å²) in [4.78, 5) is 4.67. The van der Waals surface area contributed by atoms with Crippen LogP contribution < -0.4 is 0 Å². The van der Waals surface area contributed by atoms with Crippen molar-refractivity contribution in [3.05, 3.63) is 71.9 Å². The summed E-state index contributed by atoms with van der Waals surface area (Å²) < 4.78 is 2.22. The highest BCUT2D eigenvalue weighted by molar-refractivity contribution is 6.09. The van der Waals surface area contributed by atoms with Crippen molar-refractivity contribution >= 4 is 21.8 Å². The molecule has 5 rings (SSSR count). The van der Waals surface area contributed by atoms with E-state index in [-0.39, 0.29) is 0 Å². The van der Waals surface area contributed by atoms with Crippen molar-refractivity contribution in [1.82, 2.24) is 9.55 Å². The lowest BCUT2D eigenvalue weighted by Gasteiger charge is -2.23. The van der Waals surface area contributed by atoms with Gasteiger partial charge in [0.05, 0.1) is 16.6 Å². The first-order chi connectivity index (χ1) is 12.7. The molecule has 1 aliphatic rings. The Bertz CT molecular complexity index is 1120. The molecule has 0 amide bonds. The second-order valence-corrected chi connectivity index (χ2v) is 7.51. The zero-order chi connectivity index (χ0) is 17.7. The van der Waals surface area contributed by atoms with E-state index in [1.165, 1.54) is 16.3 Å². The summed E-state index contributed by atoms with van der Waals surface area (Å²) >= 11 is 0. The van der Waals surface area contributed by atoms with Crippen molar-refractivity contribution in [2.24, 2.45) is 0 Å². The maximum Gasteiger partial charge on any atom is 0.137 e. The van der Waals surface area contributed by atoms with Crippen molar-refractivity contribution in [3.8, 4) is 5.82 Å². The second kappa shape index (κ2) is 5.68. The Morgan fingerprint density at radius 1 is 0.923 bits per heavy atom. The van der Waals surface area contributed by atoms with Crippen LogP contribution in [0.25, 0.3) is 27.6 Å². The number of para-hydroxylation sites is 1. The maximum atomic E-state index is 11.0. The number of aliphatic hydroxyl groups is 1. The summed E-state index contributed by atoms with van der Waals surface area (Å²) in [6, 6.07) is 19.1. The van der Waals surface area contributed by atoms with E-state index in [0.717, 1.165) is 48.1 Å². The number of hydrogen-bond donors (Lipinski definition) is 1. The number of hydrogen-bond acceptors (Lipinski definition) is 2. The topological polar surface area (TPSA) is 38.0 Å². The van der Waals surface area contributed by atoms with Crippen LogP contribution in [0.3, 0.4) is 0 Å². The average molecular weight is 342 g/mol. The fourth-order valence-corrected chi connectivity index (χ4v) is 4.41. The van der Waals surface area contributed by atoms with Crippen LogP contribution in [0.15, 0.2) is 60.8 Å². The van der Waals surface area contributed by atoms with Gasteiger partial charge in [-0.1, -0.05) is 43.2 Å². The third-order valence-electron chi connectivity index (χ3n) is 5.77. The minimum absolute atomic E-state index is 0.702. The minimum atomic E-state index is -0.702. The first-order valence-electron chi connectivity index (χ1n) is 9.35. The molecule has 1 N–H and O–H groups in total. The van der Waals surface area contributed by atoms with E-state index in [1.807, 2.05) is 12.3 Å². The third-order valence-corrected chi connectivity index (χ3v) is 5.77. The molecule has 4 aromatic rings. The van der Waals surface area contributed by atoms with Gasteiger partial charge in [-0.3, -0.25) is 4.57 Å². The first-order valence-corrected chi connectivity index (χ1v) is 9.35. The Kier molecular flexibility index (Phi) is 3.41. The van der Waals surface area contributed by atoms with Gasteiger partial charge in [0.15, 0.2) is 0 Å². The molecular weight excluding hydrogens is 320 g/mol. The van der Waals surface area contributed by atoms with Crippen LogP contribution >= 0.6 is 0 Å². The van der Waals surface area contributed by atoms with Crippen LogP contribution in [0.4, 0.5) is 0 Å². The molecular formula is C23H22N2O. The molecule has 1 saturated carbocycles. The summed E-state index contributed by atoms with van der Waals surface area (Å²) in [5.74, 6) is 0.875. The van der Waals surface area contributed by atoms with E-state index in [2.05, 4.69) is 65.0 Å². The van der Waals surface area contributed by atoms with Crippen LogP contribution in [-0.2, 0) is 5.60 Å². The standard InChI is InChI=1S/C23H22N2O/c1-16-8-9-19-18-6-2-3-7-20(18)25(21(19)14-16)22-15-17(10-13-24-22)23(26)11-4-5-12-23/h2-3,6-10,13-15,26H,4-5,11-12H2,1H3. The van der Waals surface area contributed by atoms with E-state index in [1.54, 1.807) is 0 Å². The number of aromatic nitrogens is 2. The predicted octanol–water partition coefficient (Wildman–Crippen LogP) is 5.25. The van der Waals surface area contributed by atoms with E-state index in [9.17, 15) is 5.11 Å². The smallest absolute Gasteiger partial charge is 0.137 e. The lowest BCUT2D eigenvalue weighted by Crippen LogP contribution is -2.21. The molecule has 2 aromatic carbocycles. The molecule has 0 unspecified atom stereocenters. The highest BCUT2D eigenvalue weighted by Gasteiger charge is 2.33. The van der Waals surface area contributed by atoms with E-state index >= 15 is 0 Å². The highest BCUT2D eigenvalue weighted by atomic mass is 16.3. The van der Waals surface area contributed by atoms with Gasteiger partial charge >= 0.3 is 0 Å². The van der Waals surface area contributed by atoms with Crippen molar-refractivity contribution in [2.45, 2.75) is 38.2 Å². The molecule has 0 saturated heterocycles. The Balaban J connectivity index is 1.80. The lowest BCUT2D eigenvalue weighted by molar-refractivity contribution is 0.0444. The van der Waals surface area contributed by atoms with Gasteiger partial charge in [0.1, 0.15) is 5.82 Å². The number of aryl methyl sites for hydroxylation is 1. The Labute approximate surface area is 152 Å². The molecule has 0 radical (unpaired) electrons. The van der Waals surface area contributed by atoms with Gasteiger partial charge in [-0.15, -0.1) is 0 Å². The highest BCUT2D eigenvalue weighted by Crippen LogP contribution is 2.39. The number of fused-ring (bicyclic) bond motifs is 3. The van der Waals surface area contributed by atoms with Crippen LogP contribution in [0.1, 0.15) is 36.8 Å². The zero-order valence-corrected chi connectivity index (χ0v) is 14.9. The van der Waals surface area contributed by atoms with Gasteiger partial charge in [0.25, 0.3) is 0 Å². The number of nitrogens with zero attached hydrogens (tertiary/aromatic N) is 2. The molecule has 2 heterocycles. The van der Waals surface area contributed by atoms with Gasteiger partial charge in [-0.2, -0.15) is 0 Å². The molecule has 2 aromatic heterocycles. The van der Waals surface area contributed by atoms with Gasteiger partial charge in [-0.05, 0) is 55.2 Å². The molecule has 3 heteroatoms. The summed E-state index contributed by atoms with van der Waals surface area (Å²) in [5, 5.41) is 13.5. The van der Waals surface area contributed by atoms with Crippen molar-refractivity contribution in [3.63, 3.8) is 0 Å². The molecule has 1 aliphatic carbocycles. The quantitative estimate of drug-likeness (QED) is 0.540. The lowest BCUT2D eigenvalue weighted by atomic mass is 9.93. The Hall–Kier alpha value is -2.65. The van der Waals surface area contributed by atoms with Gasteiger partial charge < -0.3 is 5.11 Å². The largest absolute Gasteiger partial charge is 0.385 e. The molecule has 0 aliphatic heterocycles. The SMILES string of the molecule is Cc1ccc2c3ccccc3n(-c3cc(C4(O)CCCC4)ccn3)c2c1. The number of rotatable bonds is 2. The Morgan fingerprint density at radius 2 is 1.69 bits per heavy atom. The van der Waals surface area contributed by atoms with E-state index in [0.29, 0.717) is 0 Å². The number of pyridine rings is 1. The first kappa shape index (κ1) is 15.6. The van der Waals surface area contributed by atoms with Crippen LogP contribution in [0, 0.1) is 6.92 Å². The normalized spacial score (nSPS) is 16.5. The average Bonchev–Trinajstić information content (AvgIpc) is 3.24. The summed E-state index contributed by atoms with van der Waals surface area (Å²) in [6.45, 7) is 2.12. The van der Waals surface area contributed by atoms with Crippen LogP contribution in [0.2, 0.25) is 0 Å². The van der Waals surface area contributed by atoms with Gasteiger partial charge in [-0.25, -0.2) is 4.98 Å². The van der Waals surface area contributed by atoms with Gasteiger partial charge in [0, 0.05) is 17.0 Å². The van der Waals surface area contributed by atoms with Crippen molar-refractivity contribution in [2.75, 3.05) is 0 Å². The monoisotopic (exact) mass is 342 g/mol. The molecule has 26 heavy (non-hydrogen) atoms. The Morgan fingerprint density at radius 3 is 2.54 bits per heavy atom. The van der Waals surface area contributed by atoms with Crippen LogP contribution in [-0.4, -0.2) is 14.7 Å². The molecule has 0 spiro atoms. The van der Waals surface area contributed by atoms with Crippen LogP contribution in [0.5, 0.6) is 0 Å². The van der Waals surface area contributed by atoms with E-state index < -0.39 is 5.60 Å². The summed E-state index contributed by atoms with van der Waals surface area (Å²) in [5.41, 5.74) is 3.82.